The maximum atomic E-state index is 11.5. The van der Waals surface area contributed by atoms with Crippen LogP contribution in [0.25, 0.3) is 0 Å². The highest BCUT2D eigenvalue weighted by molar-refractivity contribution is 5.81. The van der Waals surface area contributed by atoms with Gasteiger partial charge in [-0.3, -0.25) is 9.59 Å². The van der Waals surface area contributed by atoms with Crippen LogP contribution < -0.4 is 0 Å². The van der Waals surface area contributed by atoms with Gasteiger partial charge >= 0.3 is 0 Å². The zero-order chi connectivity index (χ0) is 12.0. The fourth-order valence-electron chi connectivity index (χ4n) is 1.61. The minimum Gasteiger partial charge on any atom is -0.349 e. The summed E-state index contributed by atoms with van der Waals surface area (Å²) in [4.78, 5) is 25.8. The Labute approximate surface area is 92.2 Å². The predicted molar refractivity (Wildman–Crippen MR) is 60.4 cm³/mol. The molecule has 1 saturated heterocycles. The highest BCUT2D eigenvalue weighted by Crippen LogP contribution is 2.17. The van der Waals surface area contributed by atoms with Crippen LogP contribution in [-0.2, 0) is 9.59 Å². The summed E-state index contributed by atoms with van der Waals surface area (Å²) < 4.78 is 0. The van der Waals surface area contributed by atoms with Crippen molar-refractivity contribution >= 4 is 11.8 Å². The molecule has 0 aromatic carbocycles. The van der Waals surface area contributed by atoms with E-state index in [4.69, 9.17) is 0 Å². The zero-order valence-corrected chi connectivity index (χ0v) is 10.4. The highest BCUT2D eigenvalue weighted by atomic mass is 16.2. The number of rotatable bonds is 1. The largest absolute Gasteiger partial charge is 0.349 e. The Bertz CT molecular complexity index is 227. The molecule has 4 heteroatoms. The lowest BCUT2D eigenvalue weighted by atomic mass is 10.1. The van der Waals surface area contributed by atoms with Crippen LogP contribution >= 0.6 is 0 Å². The normalized spacial score (nSPS) is 19.3. The summed E-state index contributed by atoms with van der Waals surface area (Å²) in [6, 6.07) is 0. The van der Waals surface area contributed by atoms with Crippen LogP contribution in [0.1, 0.15) is 27.2 Å². The Hall–Kier alpha value is -1.06. The van der Waals surface area contributed by atoms with E-state index in [0.29, 0.717) is 6.54 Å². The fourth-order valence-corrected chi connectivity index (χ4v) is 1.61. The van der Waals surface area contributed by atoms with Gasteiger partial charge in [0.15, 0.2) is 0 Å². The van der Waals surface area contributed by atoms with E-state index in [1.54, 1.807) is 30.8 Å². The molecule has 0 aromatic heterocycles. The molecule has 0 aromatic rings. The van der Waals surface area contributed by atoms with Gasteiger partial charge in [0.25, 0.3) is 0 Å². The molecule has 88 valence electrons. The first-order valence-electron chi connectivity index (χ1n) is 5.49. The predicted octanol–water partition coefficient (Wildman–Crippen LogP) is 0.969. The molecule has 1 unspecified atom stereocenters. The molecule has 1 aliphatic rings. The zero-order valence-electron chi connectivity index (χ0n) is 10.4. The number of carbonyl (C=O) groups is 2. The monoisotopic (exact) mass is 214 g/mol. The smallest absolute Gasteiger partial charge is 0.227 e. The minimum atomic E-state index is 0.0129. The summed E-state index contributed by atoms with van der Waals surface area (Å²) in [7, 11) is 3.50. The minimum absolute atomic E-state index is 0.0129. The van der Waals surface area contributed by atoms with Crippen LogP contribution in [0.15, 0.2) is 0 Å². The topological polar surface area (TPSA) is 40.6 Å². The molecule has 0 N–H and O–H groups in total. The summed E-state index contributed by atoms with van der Waals surface area (Å²) in [5.74, 6) is 0.205. The van der Waals surface area contributed by atoms with Crippen molar-refractivity contribution in [1.82, 2.24) is 9.80 Å². The van der Waals surface area contributed by atoms with Crippen LogP contribution in [0.2, 0.25) is 0 Å². The molecule has 1 heterocycles. The van der Waals surface area contributed by atoms with Crippen molar-refractivity contribution in [3.8, 4) is 0 Å². The quantitative estimate of drug-likeness (QED) is 0.652. The fraction of sp³-hybridized carbons (Fsp3) is 0.818. The van der Waals surface area contributed by atoms with E-state index in [-0.39, 0.29) is 17.7 Å². The van der Waals surface area contributed by atoms with Crippen molar-refractivity contribution in [3.05, 3.63) is 0 Å². The van der Waals surface area contributed by atoms with Gasteiger partial charge in [0.05, 0.1) is 5.92 Å². The van der Waals surface area contributed by atoms with Gasteiger partial charge in [-0.05, 0) is 6.42 Å². The van der Waals surface area contributed by atoms with Crippen molar-refractivity contribution in [1.29, 1.82) is 0 Å². The first-order chi connectivity index (χ1) is 7.02. The van der Waals surface area contributed by atoms with E-state index in [9.17, 15) is 9.59 Å². The Morgan fingerprint density at radius 1 is 1.27 bits per heavy atom. The van der Waals surface area contributed by atoms with Crippen molar-refractivity contribution in [2.45, 2.75) is 27.2 Å². The molecule has 15 heavy (non-hydrogen) atoms. The molecule has 2 amide bonds. The van der Waals surface area contributed by atoms with E-state index in [2.05, 4.69) is 0 Å². The van der Waals surface area contributed by atoms with E-state index in [1.807, 2.05) is 13.8 Å². The third kappa shape index (κ3) is 3.90. The average Bonchev–Trinajstić information content (AvgIpc) is 2.68. The summed E-state index contributed by atoms with van der Waals surface area (Å²) in [5.41, 5.74) is 0. The highest BCUT2D eigenvalue weighted by Gasteiger charge is 2.30. The molecule has 1 rings (SSSR count). The molecule has 0 radical (unpaired) electrons. The Balaban J connectivity index is 0.000000921. The third-order valence-electron chi connectivity index (χ3n) is 2.42. The molecule has 1 atom stereocenters. The van der Waals surface area contributed by atoms with Gasteiger partial charge in [-0.15, -0.1) is 0 Å². The lowest BCUT2D eigenvalue weighted by Gasteiger charge is -2.16. The van der Waals surface area contributed by atoms with Crippen LogP contribution in [0.4, 0.5) is 0 Å². The molecule has 1 fully saturated rings. The molecular formula is C11H22N2O2. The number of hydrogen-bond donors (Lipinski definition) is 0. The first-order valence-corrected chi connectivity index (χ1v) is 5.49. The standard InChI is InChI=1S/C9H16N2O2.C2H6/c1-7(12)11-5-4-8(6-11)9(13)10(2)3;1-2/h8H,4-6H2,1-3H3;1-2H3. The van der Waals surface area contributed by atoms with Gasteiger partial charge in [-0.2, -0.15) is 0 Å². The Morgan fingerprint density at radius 3 is 2.13 bits per heavy atom. The Kier molecular flexibility index (Phi) is 5.97. The third-order valence-corrected chi connectivity index (χ3v) is 2.42. The lowest BCUT2D eigenvalue weighted by molar-refractivity contribution is -0.133. The van der Waals surface area contributed by atoms with Crippen molar-refractivity contribution in [2.24, 2.45) is 5.92 Å². The number of carbonyl (C=O) groups excluding carboxylic acids is 2. The molecule has 4 nitrogen and oxygen atoms in total. The van der Waals surface area contributed by atoms with Gasteiger partial charge in [-0.1, -0.05) is 13.8 Å². The molecular weight excluding hydrogens is 192 g/mol. The summed E-state index contributed by atoms with van der Waals surface area (Å²) in [5, 5.41) is 0. The molecule has 0 aliphatic carbocycles. The second-order valence-electron chi connectivity index (χ2n) is 3.68. The molecule has 0 saturated carbocycles. The van der Waals surface area contributed by atoms with Gasteiger partial charge in [0.1, 0.15) is 0 Å². The molecule has 0 spiro atoms. The SMILES string of the molecule is CC.CC(=O)N1CCC(C(=O)N(C)C)C1. The van der Waals surface area contributed by atoms with E-state index >= 15 is 0 Å². The van der Waals surface area contributed by atoms with Crippen LogP contribution in [0, 0.1) is 5.92 Å². The summed E-state index contributed by atoms with van der Waals surface area (Å²) >= 11 is 0. The van der Waals surface area contributed by atoms with Gasteiger partial charge in [0.2, 0.25) is 11.8 Å². The van der Waals surface area contributed by atoms with Crippen molar-refractivity contribution < 1.29 is 9.59 Å². The first kappa shape index (κ1) is 13.9. The number of likely N-dealkylation sites (tertiary alicyclic amines) is 1. The number of nitrogens with zero attached hydrogens (tertiary/aromatic N) is 2. The second kappa shape index (κ2) is 6.43. The number of amides is 2. The Morgan fingerprint density at radius 2 is 1.80 bits per heavy atom. The maximum Gasteiger partial charge on any atom is 0.227 e. The summed E-state index contributed by atoms with van der Waals surface area (Å²) in [6.07, 6.45) is 0.802. The van der Waals surface area contributed by atoms with Crippen molar-refractivity contribution in [3.63, 3.8) is 0 Å². The van der Waals surface area contributed by atoms with Gasteiger partial charge in [-0.25, -0.2) is 0 Å². The van der Waals surface area contributed by atoms with Crippen LogP contribution in [0.3, 0.4) is 0 Å². The van der Waals surface area contributed by atoms with Crippen LogP contribution in [0.5, 0.6) is 0 Å². The van der Waals surface area contributed by atoms with Gasteiger partial charge in [0, 0.05) is 34.1 Å². The van der Waals surface area contributed by atoms with Crippen LogP contribution in [-0.4, -0.2) is 48.8 Å². The van der Waals surface area contributed by atoms with Crippen molar-refractivity contribution in [2.75, 3.05) is 27.2 Å². The maximum absolute atomic E-state index is 11.5. The van der Waals surface area contributed by atoms with E-state index in [1.165, 1.54) is 0 Å². The van der Waals surface area contributed by atoms with E-state index in [0.717, 1.165) is 13.0 Å². The summed E-state index contributed by atoms with van der Waals surface area (Å²) in [6.45, 7) is 6.86. The lowest BCUT2D eigenvalue weighted by Crippen LogP contribution is -2.33. The van der Waals surface area contributed by atoms with Gasteiger partial charge < -0.3 is 9.80 Å². The average molecular weight is 214 g/mol. The van der Waals surface area contributed by atoms with E-state index < -0.39 is 0 Å². The second-order valence-corrected chi connectivity index (χ2v) is 3.68. The number of hydrogen-bond acceptors (Lipinski definition) is 2. The molecule has 1 aliphatic heterocycles. The molecule has 0 bridgehead atoms.